The van der Waals surface area contributed by atoms with Crippen molar-refractivity contribution in [2.45, 2.75) is 179 Å². The van der Waals surface area contributed by atoms with Gasteiger partial charge < -0.3 is 39.5 Å². The molecule has 0 saturated heterocycles. The minimum Gasteiger partial charge on any atom is -0.459 e. The Kier molecular flexibility index (Phi) is 21.3. The van der Waals surface area contributed by atoms with Crippen LogP contribution in [0.2, 0.25) is 0 Å². The third-order valence-corrected chi connectivity index (χ3v) is 16.0. The number of carbonyl (C=O) groups is 2. The SMILES string of the molecule is C=CCO[C@@]12Oc3ccc(OC(=O)NCCCCCCCCCCCC)cc3[C@H]3[C@H](CCCCO)[C@@H](CCCCO)C=C(C(=NOC)C[C@@H]1N(Cc1cccc4ccccc14)C(=O)CCC1CCCC1)[C@H]32. The smallest absolute Gasteiger partial charge is 0.412 e. The van der Waals surface area contributed by atoms with Crippen LogP contribution in [0.4, 0.5) is 4.79 Å². The van der Waals surface area contributed by atoms with E-state index in [9.17, 15) is 15.0 Å². The van der Waals surface area contributed by atoms with Crippen LogP contribution in [0.1, 0.15) is 172 Å². The van der Waals surface area contributed by atoms with Crippen molar-refractivity contribution in [1.82, 2.24) is 10.2 Å². The minimum absolute atomic E-state index is 0.0379. The molecule has 6 atom stereocenters. The Morgan fingerprint density at radius 3 is 2.32 bits per heavy atom. The van der Waals surface area contributed by atoms with E-state index in [2.05, 4.69) is 61.3 Å². The van der Waals surface area contributed by atoms with Crippen LogP contribution >= 0.6 is 0 Å². The van der Waals surface area contributed by atoms with E-state index >= 15 is 4.79 Å². The molecule has 2 amide bonds. The van der Waals surface area contributed by atoms with Gasteiger partial charge in [0, 0.05) is 50.6 Å². The molecule has 2 fully saturated rings. The molecule has 4 aliphatic rings. The van der Waals surface area contributed by atoms with Crippen molar-refractivity contribution in [1.29, 1.82) is 0 Å². The van der Waals surface area contributed by atoms with Crippen molar-refractivity contribution in [3.05, 3.63) is 96.1 Å². The zero-order valence-electron chi connectivity index (χ0n) is 43.1. The molecular weight excluding hydrogens is 891 g/mol. The largest absolute Gasteiger partial charge is 0.459 e. The first kappa shape index (κ1) is 54.1. The van der Waals surface area contributed by atoms with Crippen LogP contribution in [-0.2, 0) is 20.9 Å². The van der Waals surface area contributed by atoms with Crippen LogP contribution in [0.15, 0.2) is 90.1 Å². The Balaban J connectivity index is 1.27. The average molecular weight is 976 g/mol. The Morgan fingerprint density at radius 2 is 1.59 bits per heavy atom. The molecule has 3 N–H and O–H groups in total. The van der Waals surface area contributed by atoms with Crippen LogP contribution in [0.3, 0.4) is 0 Å². The maximum atomic E-state index is 15.4. The van der Waals surface area contributed by atoms with Gasteiger partial charge in [-0.1, -0.05) is 163 Å². The number of hydrogen-bond acceptors (Lipinski definition) is 9. The van der Waals surface area contributed by atoms with Crippen molar-refractivity contribution in [2.24, 2.45) is 28.8 Å². The molecule has 7 rings (SSSR count). The maximum Gasteiger partial charge on any atom is 0.412 e. The molecule has 0 unspecified atom stereocenters. The van der Waals surface area contributed by atoms with Crippen LogP contribution in [0.5, 0.6) is 11.5 Å². The molecule has 0 spiro atoms. The number of aliphatic hydroxyl groups excluding tert-OH is 2. The summed E-state index contributed by atoms with van der Waals surface area (Å²) in [5, 5.41) is 30.1. The van der Waals surface area contributed by atoms with Gasteiger partial charge in [0.1, 0.15) is 24.7 Å². The lowest BCUT2D eigenvalue weighted by Gasteiger charge is -2.60. The van der Waals surface area contributed by atoms with Crippen LogP contribution in [-0.4, -0.2) is 78.1 Å². The molecule has 388 valence electrons. The summed E-state index contributed by atoms with van der Waals surface area (Å²) in [6.45, 7) is 7.63. The second-order valence-electron chi connectivity index (χ2n) is 20.8. The van der Waals surface area contributed by atoms with E-state index in [4.69, 9.17) is 24.2 Å². The second-order valence-corrected chi connectivity index (χ2v) is 20.8. The fourth-order valence-electron chi connectivity index (χ4n) is 12.5. The van der Waals surface area contributed by atoms with Gasteiger partial charge in [-0.2, -0.15) is 0 Å². The van der Waals surface area contributed by atoms with Crippen LogP contribution < -0.4 is 14.8 Å². The monoisotopic (exact) mass is 976 g/mol. The predicted octanol–water partition coefficient (Wildman–Crippen LogP) is 13.1. The number of hydrogen-bond donors (Lipinski definition) is 3. The van der Waals surface area contributed by atoms with Gasteiger partial charge in [0.05, 0.1) is 18.2 Å². The van der Waals surface area contributed by atoms with E-state index in [1.54, 1.807) is 19.3 Å². The van der Waals surface area contributed by atoms with E-state index in [1.807, 2.05) is 23.1 Å². The zero-order chi connectivity index (χ0) is 49.8. The number of amides is 2. The molecule has 1 aliphatic heterocycles. The standard InChI is InChI=1S/C60H85N3O8/c1-4-6-7-8-9-10-11-12-13-20-36-61-59(67)70-48-33-34-54-52(41-48)57-50(31-19-22-38-65)46(27-18-21-37-64)40-51-53(62-68-3)42-55(60(71-54,58(51)57)69-39-5-2)63(56(66)35-32-44-24-14-15-25-44)43-47-29-23-28-45-26-16-17-30-49(45)47/h5,16-17,23,26,28-30,33-34,40-41,44,46,50,55,57-58,64-65H,2,4,6-15,18-22,24-25,27,31-32,35-39,42-43H2,1,3H3,(H,61,67)/t46-,50+,55-,57+,58+,60+/m0/s1. The Morgan fingerprint density at radius 1 is 0.873 bits per heavy atom. The highest BCUT2D eigenvalue weighted by Crippen LogP contribution is 2.62. The van der Waals surface area contributed by atoms with E-state index in [1.165, 1.54) is 64.2 Å². The van der Waals surface area contributed by atoms with Gasteiger partial charge in [-0.15, -0.1) is 6.58 Å². The average Bonchev–Trinajstić information content (AvgIpc) is 3.91. The molecule has 3 aliphatic carbocycles. The summed E-state index contributed by atoms with van der Waals surface area (Å²) in [6, 6.07) is 19.7. The van der Waals surface area contributed by atoms with Crippen molar-refractivity contribution in [3.8, 4) is 11.5 Å². The molecule has 3 aromatic carbocycles. The van der Waals surface area contributed by atoms with Gasteiger partial charge in [-0.25, -0.2) is 4.79 Å². The highest BCUT2D eigenvalue weighted by atomic mass is 16.7. The molecule has 2 saturated carbocycles. The number of carbonyl (C=O) groups excluding carboxylic acids is 2. The van der Waals surface area contributed by atoms with Crippen molar-refractivity contribution >= 4 is 28.5 Å². The number of fused-ring (bicyclic) bond motifs is 3. The third kappa shape index (κ3) is 13.9. The summed E-state index contributed by atoms with van der Waals surface area (Å²) in [4.78, 5) is 36.6. The molecule has 3 aromatic rings. The van der Waals surface area contributed by atoms with Gasteiger partial charge in [0.15, 0.2) is 0 Å². The molecule has 71 heavy (non-hydrogen) atoms. The zero-order valence-corrected chi connectivity index (χ0v) is 43.1. The van der Waals surface area contributed by atoms with Gasteiger partial charge in [-0.3, -0.25) is 4.79 Å². The normalized spacial score (nSPS) is 23.1. The number of nitrogens with zero attached hydrogens (tertiary/aromatic N) is 2. The topological polar surface area (TPSA) is 139 Å². The summed E-state index contributed by atoms with van der Waals surface area (Å²) in [6.07, 6.45) is 26.7. The number of benzene rings is 3. The first-order valence-corrected chi connectivity index (χ1v) is 27.7. The molecule has 0 aromatic heterocycles. The van der Waals surface area contributed by atoms with E-state index in [0.717, 1.165) is 91.0 Å². The maximum absolute atomic E-state index is 15.4. The van der Waals surface area contributed by atoms with Crippen LogP contribution in [0.25, 0.3) is 10.8 Å². The summed E-state index contributed by atoms with van der Waals surface area (Å²) < 4.78 is 20.9. The predicted molar refractivity (Wildman–Crippen MR) is 284 cm³/mol. The number of rotatable bonds is 30. The number of ether oxygens (including phenoxy) is 3. The van der Waals surface area contributed by atoms with Crippen molar-refractivity contribution < 1.29 is 38.9 Å². The third-order valence-electron chi connectivity index (χ3n) is 16.0. The first-order valence-electron chi connectivity index (χ1n) is 27.7. The number of unbranched alkanes of at least 4 members (excludes halogenated alkanes) is 11. The molecule has 1 heterocycles. The molecule has 0 radical (unpaired) electrons. The Hall–Kier alpha value is -4.71. The van der Waals surface area contributed by atoms with E-state index < -0.39 is 23.8 Å². The molecule has 11 nitrogen and oxygen atoms in total. The fourth-order valence-corrected chi connectivity index (χ4v) is 12.5. The minimum atomic E-state index is -1.39. The van der Waals surface area contributed by atoms with Gasteiger partial charge in [-0.05, 0) is 96.4 Å². The summed E-state index contributed by atoms with van der Waals surface area (Å²) in [5.41, 5.74) is 3.67. The van der Waals surface area contributed by atoms with E-state index in [0.29, 0.717) is 56.2 Å². The summed E-state index contributed by atoms with van der Waals surface area (Å²) in [7, 11) is 1.58. The van der Waals surface area contributed by atoms with Crippen molar-refractivity contribution in [3.63, 3.8) is 0 Å². The first-order chi connectivity index (χ1) is 34.8. The number of aliphatic hydroxyl groups is 2. The summed E-state index contributed by atoms with van der Waals surface area (Å²) in [5.74, 6) is -0.357. The molecule has 11 heteroatoms. The van der Waals surface area contributed by atoms with Gasteiger partial charge in [0.25, 0.3) is 0 Å². The van der Waals surface area contributed by atoms with Gasteiger partial charge in [0.2, 0.25) is 11.7 Å². The second kappa shape index (κ2) is 27.9. The lowest BCUT2D eigenvalue weighted by atomic mass is 9.55. The quantitative estimate of drug-likeness (QED) is 0.0341. The van der Waals surface area contributed by atoms with Gasteiger partial charge >= 0.3 is 6.09 Å². The van der Waals surface area contributed by atoms with Crippen LogP contribution in [0, 0.1) is 23.7 Å². The molecular formula is C60H85N3O8. The highest BCUT2D eigenvalue weighted by molar-refractivity contribution is 6.03. The summed E-state index contributed by atoms with van der Waals surface area (Å²) >= 11 is 0. The number of allylic oxidation sites excluding steroid dienone is 1. The van der Waals surface area contributed by atoms with E-state index in [-0.39, 0.29) is 43.5 Å². The lowest BCUT2D eigenvalue weighted by molar-refractivity contribution is -0.258. The van der Waals surface area contributed by atoms with Crippen molar-refractivity contribution in [2.75, 3.05) is 33.5 Å². The Labute approximate surface area is 424 Å². The molecule has 0 bridgehead atoms. The lowest BCUT2D eigenvalue weighted by Crippen LogP contribution is -2.70. The fraction of sp³-hybridized carbons (Fsp3) is 0.617. The number of nitrogens with one attached hydrogen (secondary N) is 1. The number of oxime groups is 1. The Bertz CT molecular complexity index is 2210. The highest BCUT2D eigenvalue weighted by Gasteiger charge is 2.65.